The molecule has 26 valence electrons. The first-order valence-electron chi connectivity index (χ1n) is 0.655. The first-order chi connectivity index (χ1) is 1.73. The molecule has 5 heteroatoms. The Balaban J connectivity index is 0. The van der Waals surface area contributed by atoms with E-state index in [4.69, 9.17) is 0 Å². The fourth-order valence-electron chi connectivity index (χ4n) is 0. The van der Waals surface area contributed by atoms with E-state index in [1.54, 1.807) is 0 Å². The van der Waals surface area contributed by atoms with Gasteiger partial charge in [0.2, 0.25) is 0 Å². The molecular formula is HBF3K. The second-order valence-electron chi connectivity index (χ2n) is 0.247. The van der Waals surface area contributed by atoms with Crippen molar-refractivity contribution in [3.63, 3.8) is 0 Å². The Morgan fingerprint density at radius 2 is 1.00 bits per heavy atom. The summed E-state index contributed by atoms with van der Waals surface area (Å²) < 4.78 is 29.0. The summed E-state index contributed by atoms with van der Waals surface area (Å²) in [4.78, 5) is 0. The van der Waals surface area contributed by atoms with Crippen molar-refractivity contribution in [1.29, 1.82) is 0 Å². The third-order valence-electron chi connectivity index (χ3n) is 0. The third-order valence-corrected chi connectivity index (χ3v) is 0. The first kappa shape index (κ1) is 9.70. The van der Waals surface area contributed by atoms with E-state index in [2.05, 4.69) is 0 Å². The van der Waals surface area contributed by atoms with Gasteiger partial charge in [0.15, 0.2) is 0 Å². The van der Waals surface area contributed by atoms with Crippen molar-refractivity contribution >= 4 is 58.9 Å². The van der Waals surface area contributed by atoms with Gasteiger partial charge in [0.05, 0.1) is 0 Å². The molecule has 0 N–H and O–H groups in total. The van der Waals surface area contributed by atoms with E-state index < -0.39 is 7.54 Å². The van der Waals surface area contributed by atoms with Crippen molar-refractivity contribution < 1.29 is 12.9 Å². The zero-order valence-corrected chi connectivity index (χ0v) is 1.71. The average Bonchev–Trinajstić information content (AvgIpc) is 0.811. The van der Waals surface area contributed by atoms with Crippen molar-refractivity contribution in [2.45, 2.75) is 0 Å². The summed E-state index contributed by atoms with van der Waals surface area (Å²) in [5.41, 5.74) is 0. The van der Waals surface area contributed by atoms with Crippen LogP contribution in [-0.4, -0.2) is 58.9 Å². The van der Waals surface area contributed by atoms with Crippen LogP contribution in [0, 0.1) is 0 Å². The summed E-state index contributed by atoms with van der Waals surface area (Å²) in [5.74, 6) is 0. The van der Waals surface area contributed by atoms with Gasteiger partial charge < -0.3 is 0 Å². The van der Waals surface area contributed by atoms with Crippen LogP contribution in [0.4, 0.5) is 12.9 Å². The van der Waals surface area contributed by atoms with E-state index in [0.717, 1.165) is 0 Å². The van der Waals surface area contributed by atoms with Gasteiger partial charge in [0.1, 0.15) is 0 Å². The van der Waals surface area contributed by atoms with Crippen LogP contribution in [0.1, 0.15) is 0 Å². The average molecular weight is 108 g/mol. The minimum atomic E-state index is -3.67. The van der Waals surface area contributed by atoms with E-state index in [0.29, 0.717) is 0 Å². The molecule has 0 atom stereocenters. The Morgan fingerprint density at radius 1 is 1.00 bits per heavy atom. The third kappa shape index (κ3) is 30.1. The standard InChI is InChI=1S/BF3.K.H/c2-1(3)4;;. The van der Waals surface area contributed by atoms with E-state index >= 15 is 0 Å². The molecule has 0 aromatic rings. The van der Waals surface area contributed by atoms with Gasteiger partial charge in [-0.1, -0.05) is 0 Å². The van der Waals surface area contributed by atoms with Gasteiger partial charge in [0, 0.05) is 0 Å². The van der Waals surface area contributed by atoms with E-state index in [9.17, 15) is 12.9 Å². The molecule has 0 unspecified atom stereocenters. The zero-order chi connectivity index (χ0) is 3.58. The van der Waals surface area contributed by atoms with Gasteiger partial charge in [-0.05, 0) is 0 Å². The Labute approximate surface area is 70.8 Å². The Kier molecular flexibility index (Phi) is 10.7. The van der Waals surface area contributed by atoms with Gasteiger partial charge in [-0.2, -0.15) is 0 Å². The van der Waals surface area contributed by atoms with E-state index in [-0.39, 0.29) is 51.4 Å². The second kappa shape index (κ2) is 5.49. The summed E-state index contributed by atoms with van der Waals surface area (Å²) in [6.45, 7) is 0. The van der Waals surface area contributed by atoms with Crippen LogP contribution in [0.5, 0.6) is 0 Å². The predicted octanol–water partition coefficient (Wildman–Crippen LogP) is 0.231. The van der Waals surface area contributed by atoms with Crippen LogP contribution < -0.4 is 0 Å². The summed E-state index contributed by atoms with van der Waals surface area (Å²) in [6, 6.07) is 0. The molecule has 0 aromatic carbocycles. The first-order valence-corrected chi connectivity index (χ1v) is 0.655. The van der Waals surface area contributed by atoms with Crippen molar-refractivity contribution in [3.8, 4) is 0 Å². The fourth-order valence-corrected chi connectivity index (χ4v) is 0. The molecule has 0 amide bonds. The summed E-state index contributed by atoms with van der Waals surface area (Å²) in [6.07, 6.45) is 0. The number of hydrogen-bond acceptors (Lipinski definition) is 0. The van der Waals surface area contributed by atoms with E-state index in [1.807, 2.05) is 0 Å². The maximum atomic E-state index is 9.67. The zero-order valence-electron chi connectivity index (χ0n) is 1.71. The van der Waals surface area contributed by atoms with Crippen LogP contribution >= 0.6 is 0 Å². The van der Waals surface area contributed by atoms with Crippen molar-refractivity contribution in [3.05, 3.63) is 0 Å². The molecule has 0 aliphatic carbocycles. The molecule has 0 saturated carbocycles. The molecule has 0 aliphatic heterocycles. The number of hydrogen-bond donors (Lipinski definition) is 0. The molecule has 0 saturated heterocycles. The van der Waals surface area contributed by atoms with Gasteiger partial charge in [0.25, 0.3) is 0 Å². The topological polar surface area (TPSA) is 0 Å². The Hall–Kier alpha value is 1.49. The second-order valence-corrected chi connectivity index (χ2v) is 0.247. The molecule has 0 aromatic heterocycles. The monoisotopic (exact) mass is 108 g/mol. The van der Waals surface area contributed by atoms with Gasteiger partial charge >= 0.3 is 58.9 Å². The normalized spacial score (nSPS) is 5.40. The summed E-state index contributed by atoms with van der Waals surface area (Å²) >= 11 is 0. The van der Waals surface area contributed by atoms with Crippen LogP contribution in [0.15, 0.2) is 0 Å². The maximum absolute atomic E-state index is 9.67. The Morgan fingerprint density at radius 3 is 1.00 bits per heavy atom. The van der Waals surface area contributed by atoms with Crippen LogP contribution in [0.25, 0.3) is 0 Å². The van der Waals surface area contributed by atoms with Gasteiger partial charge in [-0.25, -0.2) is 0 Å². The molecule has 0 radical (unpaired) electrons. The number of rotatable bonds is 0. The summed E-state index contributed by atoms with van der Waals surface area (Å²) in [7, 11) is -3.67. The van der Waals surface area contributed by atoms with Crippen LogP contribution in [0.3, 0.4) is 0 Å². The van der Waals surface area contributed by atoms with Crippen LogP contribution in [-0.2, 0) is 0 Å². The molecule has 0 rings (SSSR count). The van der Waals surface area contributed by atoms with Crippen molar-refractivity contribution in [2.75, 3.05) is 0 Å². The molecule has 0 spiro atoms. The molecule has 0 nitrogen and oxygen atoms in total. The molecule has 5 heavy (non-hydrogen) atoms. The molecule has 0 aliphatic rings. The quantitative estimate of drug-likeness (QED) is 0.389. The number of halogens is 3. The fraction of sp³-hybridized carbons (Fsp3) is 0. The van der Waals surface area contributed by atoms with Gasteiger partial charge in [-0.3, -0.25) is 12.9 Å². The van der Waals surface area contributed by atoms with Crippen molar-refractivity contribution in [2.24, 2.45) is 0 Å². The Bertz CT molecular complexity index is 11.6. The molecular weight excluding hydrogens is 107 g/mol. The minimum absolute atomic E-state index is 0. The predicted molar refractivity (Wildman–Crippen MR) is 16.2 cm³/mol. The summed E-state index contributed by atoms with van der Waals surface area (Å²) in [5, 5.41) is 0. The SMILES string of the molecule is FB(F)F.[KH]. The van der Waals surface area contributed by atoms with E-state index in [1.165, 1.54) is 0 Å². The van der Waals surface area contributed by atoms with Crippen molar-refractivity contribution in [1.82, 2.24) is 0 Å². The molecule has 0 bridgehead atoms. The van der Waals surface area contributed by atoms with Crippen LogP contribution in [0.2, 0.25) is 0 Å². The molecule has 0 fully saturated rings. The molecule has 0 heterocycles. The van der Waals surface area contributed by atoms with Gasteiger partial charge in [-0.15, -0.1) is 0 Å².